The van der Waals surface area contributed by atoms with Gasteiger partial charge in [-0.3, -0.25) is 0 Å². The van der Waals surface area contributed by atoms with Gasteiger partial charge in [-0.2, -0.15) is 0 Å². The van der Waals surface area contributed by atoms with Crippen molar-refractivity contribution in [3.05, 3.63) is 36.0 Å². The first-order valence-corrected chi connectivity index (χ1v) is 11.1. The van der Waals surface area contributed by atoms with Gasteiger partial charge in [-0.25, -0.2) is 4.79 Å². The van der Waals surface area contributed by atoms with Crippen molar-refractivity contribution in [1.29, 1.82) is 0 Å². The van der Waals surface area contributed by atoms with Crippen molar-refractivity contribution >= 4 is 25.1 Å². The average Bonchev–Trinajstić information content (AvgIpc) is 2.81. The summed E-state index contributed by atoms with van der Waals surface area (Å²) in [5.41, 5.74) is 2.35. The lowest BCUT2D eigenvalue weighted by molar-refractivity contribution is 0.152. The molecule has 1 aromatic carbocycles. The highest BCUT2D eigenvalue weighted by atomic mass is 28.3. The predicted molar refractivity (Wildman–Crippen MR) is 89.5 cm³/mol. The van der Waals surface area contributed by atoms with Gasteiger partial charge >= 0.3 is 6.09 Å². The third-order valence-corrected chi connectivity index (χ3v) is 5.13. The van der Waals surface area contributed by atoms with Crippen LogP contribution in [0.1, 0.15) is 5.56 Å². The highest BCUT2D eigenvalue weighted by Gasteiger charge is 2.13. The number of amides is 1. The van der Waals surface area contributed by atoms with Crippen LogP contribution in [0.5, 0.6) is 0 Å². The van der Waals surface area contributed by atoms with E-state index in [0.29, 0.717) is 13.2 Å². The van der Waals surface area contributed by atoms with Crippen molar-refractivity contribution < 1.29 is 9.53 Å². The Hall–Kier alpha value is -1.75. The first-order chi connectivity index (χ1) is 9.96. The van der Waals surface area contributed by atoms with E-state index in [0.717, 1.165) is 18.0 Å². The molecule has 114 valence electrons. The molecule has 0 spiro atoms. The van der Waals surface area contributed by atoms with Crippen LogP contribution in [0.4, 0.5) is 4.79 Å². The molecule has 0 radical (unpaired) electrons. The van der Waals surface area contributed by atoms with Crippen LogP contribution in [-0.2, 0) is 11.2 Å². The van der Waals surface area contributed by atoms with Crippen LogP contribution in [0.3, 0.4) is 0 Å². The maximum Gasteiger partial charge on any atom is 0.407 e. The Morgan fingerprint density at radius 3 is 2.81 bits per heavy atom. The number of nitrogens with one attached hydrogen (secondary N) is 2. The van der Waals surface area contributed by atoms with E-state index in [-0.39, 0.29) is 6.09 Å². The summed E-state index contributed by atoms with van der Waals surface area (Å²) in [7, 11) is -1.14. The minimum absolute atomic E-state index is 0.312. The third-order valence-electron chi connectivity index (χ3n) is 3.42. The van der Waals surface area contributed by atoms with Gasteiger partial charge < -0.3 is 15.0 Å². The van der Waals surface area contributed by atoms with E-state index in [9.17, 15) is 4.79 Å². The maximum absolute atomic E-state index is 11.6. The van der Waals surface area contributed by atoms with Crippen molar-refractivity contribution in [1.82, 2.24) is 10.3 Å². The van der Waals surface area contributed by atoms with E-state index < -0.39 is 8.07 Å². The molecule has 5 heteroatoms. The maximum atomic E-state index is 11.6. The van der Waals surface area contributed by atoms with E-state index in [1.165, 1.54) is 10.9 Å². The van der Waals surface area contributed by atoms with Crippen LogP contribution < -0.4 is 5.32 Å². The largest absolute Gasteiger partial charge is 0.450 e. The molecule has 4 nitrogen and oxygen atoms in total. The lowest BCUT2D eigenvalue weighted by Gasteiger charge is -2.15. The van der Waals surface area contributed by atoms with Crippen molar-refractivity contribution in [3.8, 4) is 0 Å². The van der Waals surface area contributed by atoms with Crippen molar-refractivity contribution in [2.75, 3.05) is 13.2 Å². The number of rotatable bonds is 6. The Morgan fingerprint density at radius 1 is 1.29 bits per heavy atom. The fraction of sp³-hybridized carbons (Fsp3) is 0.438. The van der Waals surface area contributed by atoms with Gasteiger partial charge in [0.2, 0.25) is 0 Å². The SMILES string of the molecule is C[Si](C)(C)CCOC(=O)NCCc1c[nH]c2ccccc12. The first-order valence-electron chi connectivity index (χ1n) is 7.41. The number of aromatic nitrogens is 1. The minimum atomic E-state index is -1.14. The number of carbonyl (C=O) groups excluding carboxylic acids is 1. The van der Waals surface area contributed by atoms with Crippen LogP contribution in [-0.4, -0.2) is 32.3 Å². The molecule has 2 rings (SSSR count). The number of aromatic amines is 1. The molecule has 21 heavy (non-hydrogen) atoms. The van der Waals surface area contributed by atoms with Crippen LogP contribution in [0.15, 0.2) is 30.5 Å². The van der Waals surface area contributed by atoms with Gasteiger partial charge in [-0.15, -0.1) is 0 Å². The van der Waals surface area contributed by atoms with Gasteiger partial charge in [0.05, 0.1) is 6.61 Å². The second-order valence-corrected chi connectivity index (χ2v) is 12.1. The summed E-state index contributed by atoms with van der Waals surface area (Å²) >= 11 is 0. The predicted octanol–water partition coefficient (Wildman–Crippen LogP) is 3.77. The molecule has 2 aromatic rings. The van der Waals surface area contributed by atoms with Gasteiger partial charge in [0.25, 0.3) is 0 Å². The van der Waals surface area contributed by atoms with Gasteiger partial charge in [-0.05, 0) is 24.1 Å². The summed E-state index contributed by atoms with van der Waals surface area (Å²) in [5.74, 6) is 0. The summed E-state index contributed by atoms with van der Waals surface area (Å²) in [4.78, 5) is 14.8. The molecule has 0 aliphatic heterocycles. The molecule has 0 bridgehead atoms. The number of benzene rings is 1. The van der Waals surface area contributed by atoms with E-state index in [2.05, 4.69) is 42.1 Å². The second-order valence-electron chi connectivity index (χ2n) is 6.48. The second kappa shape index (κ2) is 6.80. The zero-order valence-corrected chi connectivity index (χ0v) is 14.0. The van der Waals surface area contributed by atoms with Crippen molar-refractivity contribution in [2.24, 2.45) is 0 Å². The number of alkyl carbamates (subject to hydrolysis) is 1. The number of carbonyl (C=O) groups is 1. The monoisotopic (exact) mass is 304 g/mol. The van der Waals surface area contributed by atoms with Crippen molar-refractivity contribution in [2.45, 2.75) is 32.1 Å². The molecule has 0 aliphatic rings. The molecule has 0 atom stereocenters. The lowest BCUT2D eigenvalue weighted by Crippen LogP contribution is -2.29. The molecule has 0 unspecified atom stereocenters. The fourth-order valence-corrected chi connectivity index (χ4v) is 2.85. The number of hydrogen-bond donors (Lipinski definition) is 2. The molecule has 0 saturated heterocycles. The molecular formula is C16H24N2O2Si. The van der Waals surface area contributed by atoms with Gasteiger partial charge in [0, 0.05) is 31.7 Å². The van der Waals surface area contributed by atoms with Crippen LogP contribution >= 0.6 is 0 Å². The zero-order valence-electron chi connectivity index (χ0n) is 13.0. The summed E-state index contributed by atoms with van der Waals surface area (Å²) in [6.45, 7) is 7.92. The van der Waals surface area contributed by atoms with E-state index in [1.807, 2.05) is 18.3 Å². The Balaban J connectivity index is 1.73. The Bertz CT molecular complexity index is 602. The summed E-state index contributed by atoms with van der Waals surface area (Å²) < 4.78 is 5.20. The Labute approximate surface area is 126 Å². The average molecular weight is 304 g/mol. The van der Waals surface area contributed by atoms with Crippen LogP contribution in [0.25, 0.3) is 10.9 Å². The smallest absolute Gasteiger partial charge is 0.407 e. The summed E-state index contributed by atoms with van der Waals surface area (Å²) in [6, 6.07) is 9.18. The van der Waals surface area contributed by atoms with E-state index in [4.69, 9.17) is 4.74 Å². The Kier molecular flexibility index (Phi) is 5.06. The molecule has 1 amide bonds. The molecule has 0 saturated carbocycles. The lowest BCUT2D eigenvalue weighted by atomic mass is 10.1. The quantitative estimate of drug-likeness (QED) is 0.798. The van der Waals surface area contributed by atoms with Gasteiger partial charge in [0.1, 0.15) is 0 Å². The number of H-pyrrole nitrogens is 1. The molecule has 2 N–H and O–H groups in total. The minimum Gasteiger partial charge on any atom is -0.450 e. The first kappa shape index (κ1) is 15.6. The molecule has 0 fully saturated rings. The highest BCUT2D eigenvalue weighted by molar-refractivity contribution is 6.76. The van der Waals surface area contributed by atoms with Crippen molar-refractivity contribution in [3.63, 3.8) is 0 Å². The zero-order chi connectivity index (χ0) is 15.3. The summed E-state index contributed by atoms with van der Waals surface area (Å²) in [5, 5.41) is 4.03. The molecule has 1 heterocycles. The fourth-order valence-electron chi connectivity index (χ4n) is 2.14. The van der Waals surface area contributed by atoms with E-state index >= 15 is 0 Å². The van der Waals surface area contributed by atoms with Crippen LogP contribution in [0.2, 0.25) is 25.7 Å². The topological polar surface area (TPSA) is 54.1 Å². The molecule has 1 aromatic heterocycles. The standard InChI is InChI=1S/C16H24N2O2Si/c1-21(2,3)11-10-20-16(19)17-9-8-13-12-18-15-7-5-4-6-14(13)15/h4-7,12,18H,8-11H2,1-3H3,(H,17,19). The molecular weight excluding hydrogens is 280 g/mol. The highest BCUT2D eigenvalue weighted by Crippen LogP contribution is 2.17. The van der Waals surface area contributed by atoms with E-state index in [1.54, 1.807) is 0 Å². The number of hydrogen-bond acceptors (Lipinski definition) is 2. The van der Waals surface area contributed by atoms with Gasteiger partial charge in [-0.1, -0.05) is 37.8 Å². The number of para-hydroxylation sites is 1. The number of fused-ring (bicyclic) bond motifs is 1. The Morgan fingerprint density at radius 2 is 2.05 bits per heavy atom. The van der Waals surface area contributed by atoms with Crippen LogP contribution in [0, 0.1) is 0 Å². The summed E-state index contributed by atoms with van der Waals surface area (Å²) in [6.07, 6.45) is 2.49. The third kappa shape index (κ3) is 4.93. The normalized spacial score (nSPS) is 11.6. The van der Waals surface area contributed by atoms with Gasteiger partial charge in [0.15, 0.2) is 0 Å². The molecule has 0 aliphatic carbocycles. The number of ether oxygens (including phenoxy) is 1.